The van der Waals surface area contributed by atoms with Crippen molar-refractivity contribution in [3.8, 4) is 0 Å². The molecule has 2 aliphatic heterocycles. The summed E-state index contributed by atoms with van der Waals surface area (Å²) in [5, 5.41) is 10.7. The van der Waals surface area contributed by atoms with Crippen LogP contribution in [0.2, 0.25) is 0 Å². The quantitative estimate of drug-likeness (QED) is 0.795. The lowest BCUT2D eigenvalue weighted by Crippen LogP contribution is -2.60. The number of hydrogen-bond acceptors (Lipinski definition) is 3. The van der Waals surface area contributed by atoms with Gasteiger partial charge in [0.15, 0.2) is 0 Å². The molecule has 0 aromatic heterocycles. The Kier molecular flexibility index (Phi) is 3.57. The number of fused-ring (bicyclic) bond motifs is 2. The predicted molar refractivity (Wildman–Crippen MR) is 64.4 cm³/mol. The molecular weight excluding hydrogens is 202 g/mol. The van der Waals surface area contributed by atoms with Crippen molar-refractivity contribution in [3.63, 3.8) is 0 Å². The third-order valence-electron chi connectivity index (χ3n) is 4.19. The Morgan fingerprint density at radius 3 is 2.38 bits per heavy atom. The number of hydrogen-bond donors (Lipinski definition) is 1. The molecule has 0 aromatic rings. The van der Waals surface area contributed by atoms with E-state index in [1.165, 1.54) is 0 Å². The highest BCUT2D eigenvalue weighted by atomic mass is 16.5. The number of nitrogens with zero attached hydrogens (tertiary/aromatic N) is 1. The molecule has 2 fully saturated rings. The molecule has 2 aliphatic rings. The van der Waals surface area contributed by atoms with Crippen LogP contribution in [0.15, 0.2) is 0 Å². The van der Waals surface area contributed by atoms with E-state index in [-0.39, 0.29) is 0 Å². The van der Waals surface area contributed by atoms with Crippen LogP contribution in [0, 0.1) is 5.92 Å². The van der Waals surface area contributed by atoms with Gasteiger partial charge in [0.2, 0.25) is 0 Å². The monoisotopic (exact) mass is 227 g/mol. The Bertz CT molecular complexity index is 228. The smallest absolute Gasteiger partial charge is 0.0679 e. The van der Waals surface area contributed by atoms with Gasteiger partial charge in [0.1, 0.15) is 0 Å². The van der Waals surface area contributed by atoms with Crippen LogP contribution in [-0.4, -0.2) is 48.0 Å². The lowest BCUT2D eigenvalue weighted by molar-refractivity contribution is -0.137. The average molecular weight is 227 g/mol. The Labute approximate surface area is 98.8 Å². The van der Waals surface area contributed by atoms with Crippen molar-refractivity contribution in [1.82, 2.24) is 4.90 Å². The molecule has 2 unspecified atom stereocenters. The van der Waals surface area contributed by atoms with Crippen molar-refractivity contribution in [2.45, 2.75) is 57.2 Å². The first-order chi connectivity index (χ1) is 7.50. The Morgan fingerprint density at radius 1 is 1.31 bits per heavy atom. The number of ether oxygens (including phenoxy) is 1. The highest BCUT2D eigenvalue weighted by Crippen LogP contribution is 2.36. The molecule has 2 saturated heterocycles. The number of likely N-dealkylation sites (N-methyl/N-ethyl adjacent to an activating group) is 1. The van der Waals surface area contributed by atoms with Gasteiger partial charge in [-0.25, -0.2) is 0 Å². The van der Waals surface area contributed by atoms with Gasteiger partial charge in [-0.15, -0.1) is 0 Å². The van der Waals surface area contributed by atoms with Gasteiger partial charge in [-0.1, -0.05) is 13.8 Å². The van der Waals surface area contributed by atoms with E-state index in [4.69, 9.17) is 4.74 Å². The fourth-order valence-corrected chi connectivity index (χ4v) is 3.00. The summed E-state index contributed by atoms with van der Waals surface area (Å²) in [7, 11) is 2.17. The van der Waals surface area contributed by atoms with Crippen molar-refractivity contribution in [1.29, 1.82) is 0 Å². The topological polar surface area (TPSA) is 32.7 Å². The van der Waals surface area contributed by atoms with Crippen LogP contribution in [-0.2, 0) is 4.74 Å². The lowest BCUT2D eigenvalue weighted by Gasteiger charge is -2.50. The van der Waals surface area contributed by atoms with E-state index in [9.17, 15) is 5.11 Å². The van der Waals surface area contributed by atoms with E-state index in [0.717, 1.165) is 38.9 Å². The molecule has 3 nitrogen and oxygen atoms in total. The molecule has 2 rings (SSSR count). The summed E-state index contributed by atoms with van der Waals surface area (Å²) >= 11 is 0. The van der Waals surface area contributed by atoms with E-state index >= 15 is 0 Å². The molecule has 2 heterocycles. The maximum atomic E-state index is 10.7. The molecular formula is C13H25NO2. The maximum Gasteiger partial charge on any atom is 0.0679 e. The summed E-state index contributed by atoms with van der Waals surface area (Å²) < 4.78 is 5.57. The molecule has 94 valence electrons. The largest absolute Gasteiger partial charge is 0.390 e. The van der Waals surface area contributed by atoms with Crippen LogP contribution in [0.1, 0.15) is 39.5 Å². The van der Waals surface area contributed by atoms with E-state index in [0.29, 0.717) is 18.0 Å². The van der Waals surface area contributed by atoms with Gasteiger partial charge in [0.05, 0.1) is 18.8 Å². The number of rotatable bonds is 3. The fourth-order valence-electron chi connectivity index (χ4n) is 3.00. The van der Waals surface area contributed by atoms with E-state index < -0.39 is 5.60 Å². The van der Waals surface area contributed by atoms with Gasteiger partial charge in [-0.05, 0) is 38.6 Å². The van der Waals surface area contributed by atoms with Crippen molar-refractivity contribution in [3.05, 3.63) is 0 Å². The molecule has 0 amide bonds. The summed E-state index contributed by atoms with van der Waals surface area (Å²) in [6.07, 6.45) is 3.84. The van der Waals surface area contributed by atoms with Gasteiger partial charge < -0.3 is 9.84 Å². The van der Waals surface area contributed by atoms with Gasteiger partial charge in [0, 0.05) is 12.1 Å². The zero-order chi connectivity index (χ0) is 11.8. The van der Waals surface area contributed by atoms with Crippen molar-refractivity contribution in [2.24, 2.45) is 5.92 Å². The Morgan fingerprint density at radius 2 is 1.88 bits per heavy atom. The molecule has 0 spiro atoms. The number of piperidine rings is 1. The van der Waals surface area contributed by atoms with Gasteiger partial charge in [-0.2, -0.15) is 0 Å². The van der Waals surface area contributed by atoms with E-state index in [1.807, 2.05) is 0 Å². The van der Waals surface area contributed by atoms with Gasteiger partial charge in [-0.3, -0.25) is 4.90 Å². The van der Waals surface area contributed by atoms with Crippen LogP contribution in [0.4, 0.5) is 0 Å². The second-order valence-electron chi connectivity index (χ2n) is 6.08. The molecule has 2 atom stereocenters. The fraction of sp³-hybridized carbons (Fsp3) is 1.00. The molecule has 0 radical (unpaired) electrons. The second kappa shape index (κ2) is 4.63. The summed E-state index contributed by atoms with van der Waals surface area (Å²) in [6.45, 7) is 6.03. The SMILES string of the molecule is CC(C)CCC1(O)CC2COCC(C1)N2C. The Hall–Kier alpha value is -0.120. The summed E-state index contributed by atoms with van der Waals surface area (Å²) in [6, 6.07) is 0.842. The zero-order valence-corrected chi connectivity index (χ0v) is 10.8. The molecule has 0 saturated carbocycles. The average Bonchev–Trinajstić information content (AvgIpc) is 2.18. The normalized spacial score (nSPS) is 40.3. The maximum absolute atomic E-state index is 10.7. The highest BCUT2D eigenvalue weighted by Gasteiger charge is 2.44. The zero-order valence-electron chi connectivity index (χ0n) is 10.8. The van der Waals surface area contributed by atoms with Crippen LogP contribution < -0.4 is 0 Å². The third-order valence-corrected chi connectivity index (χ3v) is 4.19. The minimum absolute atomic E-state index is 0.421. The molecule has 2 bridgehead atoms. The molecule has 0 aliphatic carbocycles. The van der Waals surface area contributed by atoms with Crippen LogP contribution >= 0.6 is 0 Å². The van der Waals surface area contributed by atoms with Gasteiger partial charge in [0.25, 0.3) is 0 Å². The molecule has 1 N–H and O–H groups in total. The first kappa shape index (κ1) is 12.3. The standard InChI is InChI=1S/C13H25NO2/c1-10(2)4-5-13(15)6-11-8-16-9-12(7-13)14(11)3/h10-12,15H,4-9H2,1-3H3. The van der Waals surface area contributed by atoms with Crippen molar-refractivity contribution >= 4 is 0 Å². The minimum Gasteiger partial charge on any atom is -0.390 e. The van der Waals surface area contributed by atoms with E-state index in [1.54, 1.807) is 0 Å². The molecule has 16 heavy (non-hydrogen) atoms. The van der Waals surface area contributed by atoms with Crippen LogP contribution in [0.25, 0.3) is 0 Å². The minimum atomic E-state index is -0.435. The first-order valence-corrected chi connectivity index (χ1v) is 6.52. The van der Waals surface area contributed by atoms with E-state index in [2.05, 4.69) is 25.8 Å². The number of morpholine rings is 1. The summed E-state index contributed by atoms with van der Waals surface area (Å²) in [5.74, 6) is 0.680. The van der Waals surface area contributed by atoms with Crippen molar-refractivity contribution in [2.75, 3.05) is 20.3 Å². The second-order valence-corrected chi connectivity index (χ2v) is 6.08. The van der Waals surface area contributed by atoms with Gasteiger partial charge >= 0.3 is 0 Å². The predicted octanol–water partition coefficient (Wildman–Crippen LogP) is 1.65. The Balaban J connectivity index is 1.97. The van der Waals surface area contributed by atoms with Crippen LogP contribution in [0.3, 0.4) is 0 Å². The summed E-state index contributed by atoms with van der Waals surface area (Å²) in [5.41, 5.74) is -0.435. The molecule has 0 aromatic carbocycles. The van der Waals surface area contributed by atoms with Crippen LogP contribution in [0.5, 0.6) is 0 Å². The highest BCUT2D eigenvalue weighted by molar-refractivity contribution is 4.98. The summed E-state index contributed by atoms with van der Waals surface area (Å²) in [4.78, 5) is 2.40. The lowest BCUT2D eigenvalue weighted by atomic mass is 9.78. The molecule has 3 heteroatoms. The first-order valence-electron chi connectivity index (χ1n) is 6.52. The third kappa shape index (κ3) is 2.58. The number of aliphatic hydroxyl groups is 1. The van der Waals surface area contributed by atoms with Crippen molar-refractivity contribution < 1.29 is 9.84 Å².